The van der Waals surface area contributed by atoms with Crippen LogP contribution in [0, 0.1) is 10.1 Å². The first-order valence-electron chi connectivity index (χ1n) is 6.37. The Morgan fingerprint density at radius 1 is 1.60 bits per heavy atom. The molecule has 0 aliphatic carbocycles. The molecular formula is C13H15ClN2O3S. The molecule has 1 atom stereocenters. The van der Waals surface area contributed by atoms with Gasteiger partial charge in [0.05, 0.1) is 4.92 Å². The summed E-state index contributed by atoms with van der Waals surface area (Å²) in [6, 6.07) is 4.09. The molecule has 20 heavy (non-hydrogen) atoms. The summed E-state index contributed by atoms with van der Waals surface area (Å²) in [5.41, 5.74) is -0.116. The highest BCUT2D eigenvalue weighted by Gasteiger charge is 2.28. The second-order valence-electron chi connectivity index (χ2n) is 4.57. The molecule has 0 saturated carbocycles. The SMILES string of the molecule is CCC1CN(C(=O)c2cc(Cl)ccc2[N+](=O)[O-])CCS1. The molecule has 0 N–H and O–H groups in total. The van der Waals surface area contributed by atoms with Gasteiger partial charge in [0, 0.05) is 35.2 Å². The normalized spacial score (nSPS) is 18.9. The van der Waals surface area contributed by atoms with Gasteiger partial charge in [-0.05, 0) is 18.6 Å². The number of carbonyl (C=O) groups is 1. The lowest BCUT2D eigenvalue weighted by Gasteiger charge is -2.31. The Kier molecular flexibility index (Phi) is 4.88. The lowest BCUT2D eigenvalue weighted by molar-refractivity contribution is -0.385. The number of amides is 1. The van der Waals surface area contributed by atoms with Crippen molar-refractivity contribution in [3.05, 3.63) is 38.9 Å². The van der Waals surface area contributed by atoms with Crippen molar-refractivity contribution < 1.29 is 9.72 Å². The maximum atomic E-state index is 12.5. The summed E-state index contributed by atoms with van der Waals surface area (Å²) in [6.07, 6.45) is 0.978. The van der Waals surface area contributed by atoms with Gasteiger partial charge >= 0.3 is 0 Å². The van der Waals surface area contributed by atoms with Gasteiger partial charge in [-0.25, -0.2) is 0 Å². The molecule has 0 radical (unpaired) electrons. The molecule has 2 rings (SSSR count). The molecular weight excluding hydrogens is 300 g/mol. The summed E-state index contributed by atoms with van der Waals surface area (Å²) >= 11 is 7.70. The largest absolute Gasteiger partial charge is 0.336 e. The number of halogens is 1. The molecule has 1 fully saturated rings. The van der Waals surface area contributed by atoms with Gasteiger partial charge in [0.25, 0.3) is 11.6 Å². The minimum atomic E-state index is -0.542. The van der Waals surface area contributed by atoms with Gasteiger partial charge in [-0.2, -0.15) is 11.8 Å². The van der Waals surface area contributed by atoms with Crippen LogP contribution in [0.15, 0.2) is 18.2 Å². The lowest BCUT2D eigenvalue weighted by atomic mass is 10.1. The molecule has 1 saturated heterocycles. The van der Waals surface area contributed by atoms with Crippen LogP contribution in [0.25, 0.3) is 0 Å². The van der Waals surface area contributed by atoms with Crippen molar-refractivity contribution in [3.8, 4) is 0 Å². The van der Waals surface area contributed by atoms with Gasteiger partial charge in [-0.3, -0.25) is 14.9 Å². The average molecular weight is 315 g/mol. The molecule has 0 aromatic heterocycles. The quantitative estimate of drug-likeness (QED) is 0.635. The van der Waals surface area contributed by atoms with E-state index in [2.05, 4.69) is 6.92 Å². The standard InChI is InChI=1S/C13H15ClN2O3S/c1-2-10-8-15(5-6-20-10)13(17)11-7-9(14)3-4-12(11)16(18)19/h3-4,7,10H,2,5-6,8H2,1H3. The van der Waals surface area contributed by atoms with E-state index in [1.165, 1.54) is 18.2 Å². The van der Waals surface area contributed by atoms with E-state index >= 15 is 0 Å². The molecule has 0 bridgehead atoms. The highest BCUT2D eigenvalue weighted by atomic mass is 35.5. The Bertz CT molecular complexity index is 538. The number of benzene rings is 1. The first kappa shape index (κ1) is 15.1. The molecule has 5 nitrogen and oxygen atoms in total. The fourth-order valence-corrected chi connectivity index (χ4v) is 3.51. The summed E-state index contributed by atoms with van der Waals surface area (Å²) < 4.78 is 0. The minimum Gasteiger partial charge on any atom is -0.336 e. The van der Waals surface area contributed by atoms with Crippen molar-refractivity contribution in [3.63, 3.8) is 0 Å². The van der Waals surface area contributed by atoms with E-state index in [0.29, 0.717) is 23.4 Å². The number of hydrogen-bond acceptors (Lipinski definition) is 4. The van der Waals surface area contributed by atoms with Crippen LogP contribution in [0.1, 0.15) is 23.7 Å². The highest BCUT2D eigenvalue weighted by molar-refractivity contribution is 8.00. The fraction of sp³-hybridized carbons (Fsp3) is 0.462. The van der Waals surface area contributed by atoms with Gasteiger partial charge in [-0.15, -0.1) is 0 Å². The van der Waals surface area contributed by atoms with Crippen LogP contribution in [-0.2, 0) is 0 Å². The summed E-state index contributed by atoms with van der Waals surface area (Å²) in [7, 11) is 0. The average Bonchev–Trinajstić information content (AvgIpc) is 2.46. The maximum absolute atomic E-state index is 12.5. The number of rotatable bonds is 3. The van der Waals surface area contributed by atoms with Gasteiger partial charge < -0.3 is 4.90 Å². The summed E-state index contributed by atoms with van der Waals surface area (Å²) in [5.74, 6) is 0.552. The van der Waals surface area contributed by atoms with Crippen LogP contribution in [-0.4, -0.2) is 39.8 Å². The van der Waals surface area contributed by atoms with E-state index in [9.17, 15) is 14.9 Å². The number of nitro benzene ring substituents is 1. The van der Waals surface area contributed by atoms with Crippen molar-refractivity contribution in [2.24, 2.45) is 0 Å². The van der Waals surface area contributed by atoms with Gasteiger partial charge in [0.15, 0.2) is 0 Å². The van der Waals surface area contributed by atoms with Crippen LogP contribution < -0.4 is 0 Å². The van der Waals surface area contributed by atoms with Gasteiger partial charge in [-0.1, -0.05) is 18.5 Å². The van der Waals surface area contributed by atoms with Crippen LogP contribution in [0.4, 0.5) is 5.69 Å². The van der Waals surface area contributed by atoms with Crippen molar-refractivity contribution in [1.82, 2.24) is 4.90 Å². The number of nitro groups is 1. The Morgan fingerprint density at radius 2 is 2.35 bits per heavy atom. The second-order valence-corrected chi connectivity index (χ2v) is 6.42. The summed E-state index contributed by atoms with van der Waals surface area (Å²) in [6.45, 7) is 3.32. The highest BCUT2D eigenvalue weighted by Crippen LogP contribution is 2.27. The summed E-state index contributed by atoms with van der Waals surface area (Å²) in [5, 5.41) is 11.8. The van der Waals surface area contributed by atoms with E-state index in [0.717, 1.165) is 12.2 Å². The molecule has 108 valence electrons. The van der Waals surface area contributed by atoms with Crippen molar-refractivity contribution in [2.45, 2.75) is 18.6 Å². The Hall–Kier alpha value is -1.27. The third-order valence-corrected chi connectivity index (χ3v) is 4.87. The first-order chi connectivity index (χ1) is 9.52. The van der Waals surface area contributed by atoms with E-state index in [-0.39, 0.29) is 17.2 Å². The fourth-order valence-electron chi connectivity index (χ4n) is 2.16. The molecule has 1 aliphatic heterocycles. The second kappa shape index (κ2) is 6.45. The Morgan fingerprint density at radius 3 is 3.00 bits per heavy atom. The first-order valence-corrected chi connectivity index (χ1v) is 7.80. The monoisotopic (exact) mass is 314 g/mol. The van der Waals surface area contributed by atoms with Crippen molar-refractivity contribution in [1.29, 1.82) is 0 Å². The Labute approximate surface area is 126 Å². The predicted octanol–water partition coefficient (Wildman–Crippen LogP) is 3.22. The third kappa shape index (κ3) is 3.24. The van der Waals surface area contributed by atoms with Crippen LogP contribution in [0.3, 0.4) is 0 Å². The molecule has 1 aromatic carbocycles. The maximum Gasteiger partial charge on any atom is 0.282 e. The molecule has 1 unspecified atom stereocenters. The summed E-state index contributed by atoms with van der Waals surface area (Å²) in [4.78, 5) is 24.7. The molecule has 1 amide bonds. The smallest absolute Gasteiger partial charge is 0.282 e. The predicted molar refractivity (Wildman–Crippen MR) is 80.5 cm³/mol. The van der Waals surface area contributed by atoms with Gasteiger partial charge in [0.1, 0.15) is 5.56 Å². The zero-order valence-corrected chi connectivity index (χ0v) is 12.6. The molecule has 7 heteroatoms. The number of hydrogen-bond donors (Lipinski definition) is 0. The van der Waals surface area contributed by atoms with Crippen LogP contribution >= 0.6 is 23.4 Å². The zero-order chi connectivity index (χ0) is 14.7. The van der Waals surface area contributed by atoms with E-state index in [1.54, 1.807) is 4.90 Å². The van der Waals surface area contributed by atoms with Crippen molar-refractivity contribution >= 4 is 35.0 Å². The number of thioether (sulfide) groups is 1. The van der Waals surface area contributed by atoms with E-state index in [1.807, 2.05) is 11.8 Å². The number of nitrogens with zero attached hydrogens (tertiary/aromatic N) is 2. The molecule has 0 spiro atoms. The molecule has 1 aliphatic rings. The zero-order valence-electron chi connectivity index (χ0n) is 11.0. The van der Waals surface area contributed by atoms with E-state index < -0.39 is 4.92 Å². The molecule has 1 aromatic rings. The topological polar surface area (TPSA) is 63.5 Å². The third-order valence-electron chi connectivity index (χ3n) is 3.27. The Balaban J connectivity index is 2.28. The van der Waals surface area contributed by atoms with Crippen LogP contribution in [0.5, 0.6) is 0 Å². The van der Waals surface area contributed by atoms with Crippen molar-refractivity contribution in [2.75, 3.05) is 18.8 Å². The van der Waals surface area contributed by atoms with E-state index in [4.69, 9.17) is 11.6 Å². The van der Waals surface area contributed by atoms with Crippen LogP contribution in [0.2, 0.25) is 5.02 Å². The number of carbonyl (C=O) groups excluding carboxylic acids is 1. The minimum absolute atomic E-state index is 0.0734. The lowest BCUT2D eigenvalue weighted by Crippen LogP contribution is -2.41. The molecule has 1 heterocycles. The van der Waals surface area contributed by atoms with Gasteiger partial charge in [0.2, 0.25) is 0 Å².